The van der Waals surface area contributed by atoms with Crippen molar-refractivity contribution >= 4 is 11.4 Å². The highest BCUT2D eigenvalue weighted by Crippen LogP contribution is 2.18. The third-order valence-electron chi connectivity index (χ3n) is 2.35. The molecule has 0 aliphatic rings. The summed E-state index contributed by atoms with van der Waals surface area (Å²) in [5.74, 6) is 0. The van der Waals surface area contributed by atoms with Crippen LogP contribution in [-0.2, 0) is 0 Å². The van der Waals surface area contributed by atoms with Gasteiger partial charge in [0.1, 0.15) is 0 Å². The first-order chi connectivity index (χ1) is 7.59. The molecule has 1 heterocycles. The van der Waals surface area contributed by atoms with Crippen molar-refractivity contribution in [1.82, 2.24) is 9.78 Å². The van der Waals surface area contributed by atoms with E-state index in [0.29, 0.717) is 5.69 Å². The molecule has 0 atom stereocenters. The van der Waals surface area contributed by atoms with E-state index in [1.807, 2.05) is 6.92 Å². The number of nitrogens with two attached hydrogens (primary N) is 1. The number of nitrogen functional groups attached to an aromatic ring is 1. The average Bonchev–Trinajstić information content (AvgIpc) is 2.60. The Morgan fingerprint density at radius 3 is 2.44 bits per heavy atom. The number of benzene rings is 1. The molecule has 0 radical (unpaired) electrons. The largest absolute Gasteiger partial charge is 0.396 e. The third-order valence-corrected chi connectivity index (χ3v) is 2.35. The van der Waals surface area contributed by atoms with E-state index in [4.69, 9.17) is 5.73 Å². The van der Waals surface area contributed by atoms with Crippen molar-refractivity contribution < 1.29 is 4.92 Å². The summed E-state index contributed by atoms with van der Waals surface area (Å²) in [6.45, 7) is 1.84. The fourth-order valence-electron chi connectivity index (χ4n) is 1.40. The molecule has 0 bridgehead atoms. The Hall–Kier alpha value is -2.37. The van der Waals surface area contributed by atoms with Crippen LogP contribution in [0.1, 0.15) is 5.69 Å². The minimum atomic E-state index is -0.436. The van der Waals surface area contributed by atoms with Gasteiger partial charge in [0, 0.05) is 12.1 Å². The maximum Gasteiger partial charge on any atom is 0.269 e. The quantitative estimate of drug-likeness (QED) is 0.613. The van der Waals surface area contributed by atoms with Gasteiger partial charge in [-0.3, -0.25) is 10.1 Å². The van der Waals surface area contributed by atoms with E-state index in [0.717, 1.165) is 11.4 Å². The summed E-state index contributed by atoms with van der Waals surface area (Å²) in [5, 5.41) is 14.6. The number of nitrogens with zero attached hydrogens (tertiary/aromatic N) is 3. The molecule has 1 aromatic carbocycles. The second kappa shape index (κ2) is 3.65. The maximum atomic E-state index is 10.5. The molecule has 16 heavy (non-hydrogen) atoms. The smallest absolute Gasteiger partial charge is 0.269 e. The van der Waals surface area contributed by atoms with Gasteiger partial charge in [0.05, 0.1) is 28.2 Å². The molecule has 0 spiro atoms. The van der Waals surface area contributed by atoms with E-state index >= 15 is 0 Å². The van der Waals surface area contributed by atoms with Gasteiger partial charge in [-0.25, -0.2) is 4.68 Å². The standard InChI is InChI=1S/C10H10N4O2/c1-7-10(11)6-12-13(7)8-2-4-9(5-3-8)14(15)16/h2-6H,11H2,1H3. The van der Waals surface area contributed by atoms with Gasteiger partial charge in [-0.05, 0) is 19.1 Å². The van der Waals surface area contributed by atoms with Crippen LogP contribution in [0.2, 0.25) is 0 Å². The van der Waals surface area contributed by atoms with Crippen LogP contribution in [-0.4, -0.2) is 14.7 Å². The average molecular weight is 218 g/mol. The lowest BCUT2D eigenvalue weighted by Gasteiger charge is -2.03. The van der Waals surface area contributed by atoms with Crippen LogP contribution < -0.4 is 5.73 Å². The number of hydrogen-bond acceptors (Lipinski definition) is 4. The molecule has 2 aromatic rings. The summed E-state index contributed by atoms with van der Waals surface area (Å²) in [6.07, 6.45) is 1.55. The SMILES string of the molecule is Cc1c(N)cnn1-c1ccc([N+](=O)[O-])cc1. The maximum absolute atomic E-state index is 10.5. The van der Waals surface area contributed by atoms with Crippen molar-refractivity contribution in [2.75, 3.05) is 5.73 Å². The summed E-state index contributed by atoms with van der Waals surface area (Å²) in [7, 11) is 0. The zero-order valence-electron chi connectivity index (χ0n) is 8.62. The van der Waals surface area contributed by atoms with Gasteiger partial charge in [0.15, 0.2) is 0 Å². The topological polar surface area (TPSA) is 87.0 Å². The van der Waals surface area contributed by atoms with Gasteiger partial charge in [0.25, 0.3) is 5.69 Å². The molecule has 82 valence electrons. The summed E-state index contributed by atoms with van der Waals surface area (Å²) < 4.78 is 1.64. The molecule has 0 aliphatic carbocycles. The molecule has 0 saturated heterocycles. The van der Waals surface area contributed by atoms with Gasteiger partial charge in [0.2, 0.25) is 0 Å². The first-order valence-corrected chi connectivity index (χ1v) is 4.64. The molecule has 6 heteroatoms. The van der Waals surface area contributed by atoms with E-state index in [-0.39, 0.29) is 5.69 Å². The summed E-state index contributed by atoms with van der Waals surface area (Å²) in [5.41, 5.74) is 7.88. The van der Waals surface area contributed by atoms with Gasteiger partial charge >= 0.3 is 0 Å². The molecule has 0 saturated carbocycles. The zero-order valence-corrected chi connectivity index (χ0v) is 8.62. The second-order valence-corrected chi connectivity index (χ2v) is 3.37. The Morgan fingerprint density at radius 2 is 2.00 bits per heavy atom. The molecule has 6 nitrogen and oxygen atoms in total. The predicted octanol–water partition coefficient (Wildman–Crippen LogP) is 1.67. The molecule has 0 aliphatic heterocycles. The fraction of sp³-hybridized carbons (Fsp3) is 0.100. The lowest BCUT2D eigenvalue weighted by molar-refractivity contribution is -0.384. The van der Waals surface area contributed by atoms with Crippen LogP contribution in [0.25, 0.3) is 5.69 Å². The van der Waals surface area contributed by atoms with Gasteiger partial charge in [-0.1, -0.05) is 0 Å². The van der Waals surface area contributed by atoms with Crippen molar-refractivity contribution in [3.63, 3.8) is 0 Å². The van der Waals surface area contributed by atoms with E-state index in [1.165, 1.54) is 12.1 Å². The highest BCUT2D eigenvalue weighted by Gasteiger charge is 2.08. The van der Waals surface area contributed by atoms with Crippen LogP contribution in [0.15, 0.2) is 30.5 Å². The van der Waals surface area contributed by atoms with Crippen molar-refractivity contribution in [3.8, 4) is 5.69 Å². The zero-order chi connectivity index (χ0) is 11.7. The van der Waals surface area contributed by atoms with Gasteiger partial charge in [-0.15, -0.1) is 0 Å². The molecule has 0 fully saturated rings. The highest BCUT2D eigenvalue weighted by molar-refractivity contribution is 5.47. The van der Waals surface area contributed by atoms with Crippen LogP contribution in [0.5, 0.6) is 0 Å². The van der Waals surface area contributed by atoms with Crippen molar-refractivity contribution in [3.05, 3.63) is 46.3 Å². The number of anilines is 1. The molecular formula is C10H10N4O2. The predicted molar refractivity (Wildman–Crippen MR) is 59.4 cm³/mol. The Bertz CT molecular complexity index is 530. The summed E-state index contributed by atoms with van der Waals surface area (Å²) in [6, 6.07) is 6.15. The van der Waals surface area contributed by atoms with Gasteiger partial charge < -0.3 is 5.73 Å². The minimum absolute atomic E-state index is 0.0570. The van der Waals surface area contributed by atoms with Crippen molar-refractivity contribution in [2.45, 2.75) is 6.92 Å². The first-order valence-electron chi connectivity index (χ1n) is 4.64. The van der Waals surface area contributed by atoms with Crippen LogP contribution in [0, 0.1) is 17.0 Å². The van der Waals surface area contributed by atoms with Crippen LogP contribution in [0.4, 0.5) is 11.4 Å². The van der Waals surface area contributed by atoms with Crippen LogP contribution >= 0.6 is 0 Å². The lowest BCUT2D eigenvalue weighted by atomic mass is 10.3. The molecule has 0 unspecified atom stereocenters. The Kier molecular flexibility index (Phi) is 2.32. The molecule has 0 amide bonds. The first kappa shape index (κ1) is 10.2. The summed E-state index contributed by atoms with van der Waals surface area (Å²) in [4.78, 5) is 10.0. The van der Waals surface area contributed by atoms with Gasteiger partial charge in [-0.2, -0.15) is 5.10 Å². The van der Waals surface area contributed by atoms with E-state index in [2.05, 4.69) is 5.10 Å². The normalized spacial score (nSPS) is 10.3. The number of nitro benzene ring substituents is 1. The molecule has 2 N–H and O–H groups in total. The third kappa shape index (κ3) is 1.60. The number of nitro groups is 1. The Morgan fingerprint density at radius 1 is 1.38 bits per heavy atom. The molecular weight excluding hydrogens is 208 g/mol. The van der Waals surface area contributed by atoms with Crippen molar-refractivity contribution in [2.24, 2.45) is 0 Å². The summed E-state index contributed by atoms with van der Waals surface area (Å²) >= 11 is 0. The Balaban J connectivity index is 2.42. The van der Waals surface area contributed by atoms with E-state index in [9.17, 15) is 10.1 Å². The van der Waals surface area contributed by atoms with Crippen LogP contribution in [0.3, 0.4) is 0 Å². The van der Waals surface area contributed by atoms with Crippen molar-refractivity contribution in [1.29, 1.82) is 0 Å². The monoisotopic (exact) mass is 218 g/mol. The molecule has 2 rings (SSSR count). The van der Waals surface area contributed by atoms with E-state index < -0.39 is 4.92 Å². The number of hydrogen-bond donors (Lipinski definition) is 1. The van der Waals surface area contributed by atoms with E-state index in [1.54, 1.807) is 23.0 Å². The number of non-ortho nitro benzene ring substituents is 1. The lowest BCUT2D eigenvalue weighted by Crippen LogP contribution is -1.99. The Labute approximate surface area is 91.5 Å². The second-order valence-electron chi connectivity index (χ2n) is 3.37. The number of rotatable bonds is 2. The minimum Gasteiger partial charge on any atom is -0.396 e. The number of aromatic nitrogens is 2. The fourth-order valence-corrected chi connectivity index (χ4v) is 1.40. The highest BCUT2D eigenvalue weighted by atomic mass is 16.6. The molecule has 1 aromatic heterocycles.